The van der Waals surface area contributed by atoms with Gasteiger partial charge in [-0.15, -0.1) is 0 Å². The van der Waals surface area contributed by atoms with Crippen LogP contribution in [-0.4, -0.2) is 70.3 Å². The number of hydrogen-bond donors (Lipinski definition) is 3. The molecule has 6 rings (SSSR count). The van der Waals surface area contributed by atoms with E-state index in [1.54, 1.807) is 0 Å². The molecule has 4 aromatic rings. The number of nitrogens with zero attached hydrogens (tertiary/aromatic N) is 7. The minimum atomic E-state index is -4.68. The van der Waals surface area contributed by atoms with Crippen LogP contribution in [0.3, 0.4) is 0 Å². The molecule has 2 amide bonds. The van der Waals surface area contributed by atoms with Crippen LogP contribution >= 0.6 is 0 Å². The number of rotatable bonds is 9. The fraction of sp³-hybridized carbons (Fsp3) is 0.538. The van der Waals surface area contributed by atoms with Crippen LogP contribution in [0, 0.1) is 11.3 Å². The summed E-state index contributed by atoms with van der Waals surface area (Å²) in [6.07, 6.45) is -5.64. The number of nitrogens with one attached hydrogen (secondary N) is 3. The van der Waals surface area contributed by atoms with Crippen molar-refractivity contribution in [1.82, 2.24) is 51.0 Å². The lowest BCUT2D eigenvalue weighted by Crippen LogP contribution is -2.39. The normalized spacial score (nSPS) is 22.8. The number of carbonyl (C=O) groups is 2. The molecule has 2 aliphatic rings. The highest BCUT2D eigenvalue weighted by molar-refractivity contribution is 5.93. The molecule has 5 heterocycles. The summed E-state index contributed by atoms with van der Waals surface area (Å²) in [5.41, 5.74) is -2.33. The molecule has 1 aliphatic heterocycles. The summed E-state index contributed by atoms with van der Waals surface area (Å²) in [6, 6.07) is -1.61. The van der Waals surface area contributed by atoms with Crippen LogP contribution in [0.15, 0.2) is 29.3 Å². The lowest BCUT2D eigenvalue weighted by atomic mass is 9.75. The molecule has 3 atom stereocenters. The van der Waals surface area contributed by atoms with Crippen molar-refractivity contribution in [2.75, 3.05) is 0 Å². The maximum atomic E-state index is 14.0. The molecule has 1 saturated heterocycles. The zero-order valence-electron chi connectivity index (χ0n) is 23.6. The predicted octanol–water partition coefficient (Wildman–Crippen LogP) is 3.69. The zero-order valence-corrected chi connectivity index (χ0v) is 23.6. The molecule has 0 aromatic carbocycles. The number of hydrogen-bond acceptors (Lipinski definition) is 9. The highest BCUT2D eigenvalue weighted by atomic mass is 19.4. The third-order valence-corrected chi connectivity index (χ3v) is 8.47. The standard InChI is InChI=1S/C26H25F7N10O3/c27-21(28)19-20(41-46-40-19)22(44)38-18(13-1-3-25(29,30)4-2-13)15-11-43-17(36-15)5-12(9-35-43)6-24(7-14-10-34-42-39-14)8-16(26(31,32)33)37-23(24)45/h5,9-11,13,16,18,21H,1-4,6-8H2,(H,37,45)(H,38,44)(H,34,39,42)/t16-,18-,24+/m0/s1. The second kappa shape index (κ2) is 11.6. The molecule has 0 unspecified atom stereocenters. The first-order chi connectivity index (χ1) is 21.7. The van der Waals surface area contributed by atoms with Gasteiger partial charge in [0.2, 0.25) is 17.5 Å². The van der Waals surface area contributed by atoms with Gasteiger partial charge in [0, 0.05) is 19.3 Å². The van der Waals surface area contributed by atoms with E-state index >= 15 is 0 Å². The molecule has 2 fully saturated rings. The third-order valence-electron chi connectivity index (χ3n) is 8.47. The Kier molecular flexibility index (Phi) is 7.91. The number of fused-ring (bicyclic) bond motifs is 1. The first-order valence-electron chi connectivity index (χ1n) is 14.1. The molecule has 46 heavy (non-hydrogen) atoms. The van der Waals surface area contributed by atoms with E-state index in [9.17, 15) is 40.3 Å². The number of aromatic nitrogens is 8. The SMILES string of the molecule is O=C(N[C@H](c1cn2ncc(C[C@@]3(Cc4cn[nH]n4)C[C@@H](C(F)(F)F)NC3=O)cc2n1)C1CCC(F)(F)CC1)c1nonc1C(F)F. The van der Waals surface area contributed by atoms with Crippen molar-refractivity contribution in [2.24, 2.45) is 11.3 Å². The second-order valence-corrected chi connectivity index (χ2v) is 11.6. The first kappa shape index (κ1) is 31.3. The van der Waals surface area contributed by atoms with Crippen molar-refractivity contribution in [3.63, 3.8) is 0 Å². The van der Waals surface area contributed by atoms with Crippen LogP contribution < -0.4 is 10.6 Å². The van der Waals surface area contributed by atoms with Gasteiger partial charge in [0.15, 0.2) is 11.3 Å². The fourth-order valence-corrected chi connectivity index (χ4v) is 6.17. The Bertz CT molecular complexity index is 1710. The quantitative estimate of drug-likeness (QED) is 0.227. The van der Waals surface area contributed by atoms with E-state index in [-0.39, 0.29) is 42.7 Å². The van der Waals surface area contributed by atoms with E-state index in [0.717, 1.165) is 0 Å². The van der Waals surface area contributed by atoms with E-state index in [1.807, 2.05) is 5.32 Å². The maximum Gasteiger partial charge on any atom is 0.408 e. The van der Waals surface area contributed by atoms with Crippen LogP contribution in [0.1, 0.15) is 77.7 Å². The summed E-state index contributed by atoms with van der Waals surface area (Å²) in [5.74, 6) is -5.37. The largest absolute Gasteiger partial charge is 0.408 e. The molecule has 20 heteroatoms. The minimum Gasteiger partial charge on any atom is -0.344 e. The Morgan fingerprint density at radius 3 is 2.57 bits per heavy atom. The van der Waals surface area contributed by atoms with Crippen molar-refractivity contribution in [1.29, 1.82) is 0 Å². The number of H-pyrrole nitrogens is 1. The summed E-state index contributed by atoms with van der Waals surface area (Å²) in [4.78, 5) is 30.6. The van der Waals surface area contributed by atoms with Gasteiger partial charge < -0.3 is 10.6 Å². The monoisotopic (exact) mass is 658 g/mol. The Labute approximate surface area is 253 Å². The van der Waals surface area contributed by atoms with Crippen LogP contribution in [-0.2, 0) is 17.6 Å². The second-order valence-electron chi connectivity index (χ2n) is 11.6. The van der Waals surface area contributed by atoms with Crippen molar-refractivity contribution in [2.45, 2.75) is 75.6 Å². The highest BCUT2D eigenvalue weighted by Crippen LogP contribution is 2.43. The molecule has 3 N–H and O–H groups in total. The van der Waals surface area contributed by atoms with E-state index < -0.39 is 84.4 Å². The third kappa shape index (κ3) is 6.23. The van der Waals surface area contributed by atoms with Gasteiger partial charge in [-0.25, -0.2) is 31.7 Å². The van der Waals surface area contributed by atoms with Gasteiger partial charge in [0.25, 0.3) is 12.3 Å². The average Bonchev–Trinajstić information content (AvgIpc) is 3.79. The zero-order chi connectivity index (χ0) is 32.9. The lowest BCUT2D eigenvalue weighted by molar-refractivity contribution is -0.155. The molecule has 0 bridgehead atoms. The van der Waals surface area contributed by atoms with E-state index in [2.05, 4.69) is 45.8 Å². The molecule has 0 spiro atoms. The number of imidazole rings is 1. The molecule has 246 valence electrons. The molecule has 4 aromatic heterocycles. The summed E-state index contributed by atoms with van der Waals surface area (Å²) >= 11 is 0. The number of amides is 2. The molecule has 1 saturated carbocycles. The van der Waals surface area contributed by atoms with Gasteiger partial charge in [-0.3, -0.25) is 9.59 Å². The predicted molar refractivity (Wildman–Crippen MR) is 138 cm³/mol. The topological polar surface area (TPSA) is 169 Å². The van der Waals surface area contributed by atoms with Gasteiger partial charge in [-0.1, -0.05) is 0 Å². The van der Waals surface area contributed by atoms with Gasteiger partial charge >= 0.3 is 6.18 Å². The number of aromatic amines is 1. The van der Waals surface area contributed by atoms with Crippen molar-refractivity contribution in [3.8, 4) is 0 Å². The molecule has 13 nitrogen and oxygen atoms in total. The van der Waals surface area contributed by atoms with Gasteiger partial charge in [0.05, 0.1) is 41.4 Å². The van der Waals surface area contributed by atoms with Crippen LogP contribution in [0.4, 0.5) is 30.7 Å². The van der Waals surface area contributed by atoms with Crippen LogP contribution in [0.25, 0.3) is 5.65 Å². The summed E-state index contributed by atoms with van der Waals surface area (Å²) in [7, 11) is 0. The molecular formula is C26H25F7N10O3. The fourth-order valence-electron chi connectivity index (χ4n) is 6.17. The highest BCUT2D eigenvalue weighted by Gasteiger charge is 2.55. The maximum absolute atomic E-state index is 14.0. The van der Waals surface area contributed by atoms with Crippen molar-refractivity contribution in [3.05, 3.63) is 53.0 Å². The number of halogens is 7. The summed E-state index contributed by atoms with van der Waals surface area (Å²) < 4.78 is 101. The van der Waals surface area contributed by atoms with Gasteiger partial charge in [0.1, 0.15) is 6.04 Å². The van der Waals surface area contributed by atoms with Gasteiger partial charge in [-0.05, 0) is 53.5 Å². The van der Waals surface area contributed by atoms with Crippen LogP contribution in [0.2, 0.25) is 0 Å². The Morgan fingerprint density at radius 2 is 1.91 bits per heavy atom. The lowest BCUT2D eigenvalue weighted by Gasteiger charge is -2.33. The molecule has 1 aliphatic carbocycles. The number of alkyl halides is 7. The summed E-state index contributed by atoms with van der Waals surface area (Å²) in [5, 5.41) is 25.2. The van der Waals surface area contributed by atoms with E-state index in [4.69, 9.17) is 0 Å². The van der Waals surface area contributed by atoms with Gasteiger partial charge in [-0.2, -0.15) is 33.7 Å². The first-order valence-corrected chi connectivity index (χ1v) is 14.1. The number of carbonyl (C=O) groups excluding carboxylic acids is 2. The average molecular weight is 659 g/mol. The summed E-state index contributed by atoms with van der Waals surface area (Å²) in [6.45, 7) is 0. The van der Waals surface area contributed by atoms with Crippen molar-refractivity contribution >= 4 is 17.5 Å². The minimum absolute atomic E-state index is 0.0245. The molecule has 0 radical (unpaired) electrons. The smallest absolute Gasteiger partial charge is 0.344 e. The Morgan fingerprint density at radius 1 is 1.15 bits per heavy atom. The van der Waals surface area contributed by atoms with E-state index in [0.29, 0.717) is 5.56 Å². The van der Waals surface area contributed by atoms with Crippen LogP contribution in [0.5, 0.6) is 0 Å². The Balaban J connectivity index is 1.31. The molecular weight excluding hydrogens is 633 g/mol. The van der Waals surface area contributed by atoms with E-state index in [1.165, 1.54) is 29.2 Å². The van der Waals surface area contributed by atoms with Crippen molar-refractivity contribution < 1.29 is 45.0 Å². The Hall–Kier alpha value is -4.65.